The van der Waals surface area contributed by atoms with Crippen LogP contribution in [0, 0.1) is 0 Å². The molecule has 0 aromatic carbocycles. The van der Waals surface area contributed by atoms with E-state index in [1.54, 1.807) is 6.07 Å². The molecule has 2 aliphatic carbocycles. The first-order chi connectivity index (χ1) is 12.4. The molecule has 1 saturated carbocycles. The molecule has 0 spiro atoms. The van der Waals surface area contributed by atoms with E-state index in [0.717, 1.165) is 25.7 Å². The zero-order valence-electron chi connectivity index (χ0n) is 14.1. The normalized spacial score (nSPS) is 17.2. The summed E-state index contributed by atoms with van der Waals surface area (Å²) < 4.78 is 46.0. The van der Waals surface area contributed by atoms with Crippen molar-refractivity contribution in [2.75, 3.05) is 6.54 Å². The largest absolute Gasteiger partial charge is 0.435 e. The van der Waals surface area contributed by atoms with E-state index in [2.05, 4.69) is 15.6 Å². The molecular weight excluding hydrogens is 349 g/mol. The Hall–Kier alpha value is -2.32. The van der Waals surface area contributed by atoms with Crippen LogP contribution in [0.2, 0.25) is 0 Å². The topological polar surface area (TPSA) is 73.0 Å². The maximum atomic E-state index is 13.2. The van der Waals surface area contributed by atoms with Gasteiger partial charge < -0.3 is 9.84 Å². The van der Waals surface area contributed by atoms with Crippen LogP contribution in [0.1, 0.15) is 64.8 Å². The number of aromatic nitrogens is 3. The SMILES string of the molecule is O=C(NCCn1nc(C(F)(F)F)c2c1CCCC2)c1cc(C2CC2)on1. The second-order valence-electron chi connectivity index (χ2n) is 6.85. The van der Waals surface area contributed by atoms with Gasteiger partial charge in [-0.25, -0.2) is 0 Å². The molecule has 0 saturated heterocycles. The molecular formula is C17H19F3N4O2. The summed E-state index contributed by atoms with van der Waals surface area (Å²) in [5.41, 5.74) is 0.352. The van der Waals surface area contributed by atoms with Crippen molar-refractivity contribution in [1.82, 2.24) is 20.3 Å². The Morgan fingerprint density at radius 3 is 2.81 bits per heavy atom. The smallest absolute Gasteiger partial charge is 0.360 e. The van der Waals surface area contributed by atoms with Gasteiger partial charge in [0.25, 0.3) is 5.91 Å². The predicted molar refractivity (Wildman–Crippen MR) is 84.7 cm³/mol. The quantitative estimate of drug-likeness (QED) is 0.880. The maximum absolute atomic E-state index is 13.2. The van der Waals surface area contributed by atoms with Crippen molar-refractivity contribution in [2.45, 2.75) is 57.2 Å². The fourth-order valence-corrected chi connectivity index (χ4v) is 3.41. The molecule has 9 heteroatoms. The van der Waals surface area contributed by atoms with Crippen molar-refractivity contribution in [3.63, 3.8) is 0 Å². The molecule has 4 rings (SSSR count). The highest BCUT2D eigenvalue weighted by molar-refractivity contribution is 5.92. The molecule has 26 heavy (non-hydrogen) atoms. The van der Waals surface area contributed by atoms with E-state index in [0.29, 0.717) is 35.8 Å². The lowest BCUT2D eigenvalue weighted by Gasteiger charge is -2.14. The van der Waals surface area contributed by atoms with Gasteiger partial charge in [-0.1, -0.05) is 5.16 Å². The summed E-state index contributed by atoms with van der Waals surface area (Å²) in [5, 5.41) is 10.2. The number of fused-ring (bicyclic) bond motifs is 1. The van der Waals surface area contributed by atoms with Crippen molar-refractivity contribution in [3.8, 4) is 0 Å². The van der Waals surface area contributed by atoms with Gasteiger partial charge in [-0.3, -0.25) is 9.48 Å². The molecule has 0 unspecified atom stereocenters. The minimum atomic E-state index is -4.45. The summed E-state index contributed by atoms with van der Waals surface area (Å²) in [7, 11) is 0. The van der Waals surface area contributed by atoms with Gasteiger partial charge in [-0.05, 0) is 38.5 Å². The number of hydrogen-bond acceptors (Lipinski definition) is 4. The molecule has 1 fully saturated rings. The van der Waals surface area contributed by atoms with Crippen LogP contribution in [-0.4, -0.2) is 27.4 Å². The lowest BCUT2D eigenvalue weighted by Crippen LogP contribution is -2.28. The average Bonchev–Trinajstić information content (AvgIpc) is 3.20. The van der Waals surface area contributed by atoms with Gasteiger partial charge >= 0.3 is 6.18 Å². The number of halogens is 3. The molecule has 2 heterocycles. The van der Waals surface area contributed by atoms with Crippen molar-refractivity contribution in [1.29, 1.82) is 0 Å². The third-order valence-corrected chi connectivity index (χ3v) is 4.88. The Labute approximate surface area is 147 Å². The molecule has 0 aliphatic heterocycles. The van der Waals surface area contributed by atoms with Crippen LogP contribution >= 0.6 is 0 Å². The van der Waals surface area contributed by atoms with Crippen LogP contribution in [0.5, 0.6) is 0 Å². The fourth-order valence-electron chi connectivity index (χ4n) is 3.41. The van der Waals surface area contributed by atoms with Crippen LogP contribution < -0.4 is 5.32 Å². The van der Waals surface area contributed by atoms with Gasteiger partial charge in [0, 0.05) is 29.8 Å². The summed E-state index contributed by atoms with van der Waals surface area (Å²) in [4.78, 5) is 12.1. The molecule has 2 aromatic heterocycles. The monoisotopic (exact) mass is 368 g/mol. The minimum Gasteiger partial charge on any atom is -0.360 e. The van der Waals surface area contributed by atoms with E-state index < -0.39 is 17.8 Å². The summed E-state index contributed by atoms with van der Waals surface area (Å²) >= 11 is 0. The van der Waals surface area contributed by atoms with Crippen LogP contribution in [0.25, 0.3) is 0 Å². The average molecular weight is 368 g/mol. The highest BCUT2D eigenvalue weighted by atomic mass is 19.4. The fraction of sp³-hybridized carbons (Fsp3) is 0.588. The highest BCUT2D eigenvalue weighted by Gasteiger charge is 2.39. The van der Waals surface area contributed by atoms with Crippen LogP contribution in [0.3, 0.4) is 0 Å². The van der Waals surface area contributed by atoms with Gasteiger partial charge in [-0.15, -0.1) is 0 Å². The Balaban J connectivity index is 1.41. The first-order valence-electron chi connectivity index (χ1n) is 8.84. The predicted octanol–water partition coefficient (Wildman–Crippen LogP) is 3.08. The summed E-state index contributed by atoms with van der Waals surface area (Å²) in [5.74, 6) is 0.685. The van der Waals surface area contributed by atoms with Crippen molar-refractivity contribution < 1.29 is 22.5 Å². The second kappa shape index (κ2) is 6.44. The first kappa shape index (κ1) is 17.1. The number of amides is 1. The van der Waals surface area contributed by atoms with E-state index in [-0.39, 0.29) is 18.8 Å². The number of nitrogens with one attached hydrogen (secondary N) is 1. The van der Waals surface area contributed by atoms with Gasteiger partial charge in [0.15, 0.2) is 11.4 Å². The van der Waals surface area contributed by atoms with E-state index in [1.807, 2.05) is 0 Å². The van der Waals surface area contributed by atoms with E-state index in [4.69, 9.17) is 4.52 Å². The Bertz CT molecular complexity index is 821. The van der Waals surface area contributed by atoms with Crippen LogP contribution in [-0.2, 0) is 25.6 Å². The van der Waals surface area contributed by atoms with E-state index >= 15 is 0 Å². The molecule has 140 valence electrons. The highest BCUT2D eigenvalue weighted by Crippen LogP contribution is 2.40. The zero-order chi connectivity index (χ0) is 18.3. The zero-order valence-corrected chi connectivity index (χ0v) is 14.1. The molecule has 2 aliphatic rings. The van der Waals surface area contributed by atoms with Crippen LogP contribution in [0.4, 0.5) is 13.2 Å². The van der Waals surface area contributed by atoms with Crippen LogP contribution in [0.15, 0.2) is 10.6 Å². The van der Waals surface area contributed by atoms with Crippen molar-refractivity contribution in [3.05, 3.63) is 34.5 Å². The van der Waals surface area contributed by atoms with Gasteiger partial charge in [-0.2, -0.15) is 18.3 Å². The van der Waals surface area contributed by atoms with Gasteiger partial charge in [0.1, 0.15) is 5.76 Å². The number of rotatable bonds is 5. The lowest BCUT2D eigenvalue weighted by atomic mass is 9.95. The number of hydrogen-bond donors (Lipinski definition) is 1. The van der Waals surface area contributed by atoms with E-state index in [1.165, 1.54) is 4.68 Å². The summed E-state index contributed by atoms with van der Waals surface area (Å²) in [6, 6.07) is 1.63. The third kappa shape index (κ3) is 3.34. The number of alkyl halides is 3. The summed E-state index contributed by atoms with van der Waals surface area (Å²) in [6.45, 7) is 0.368. The first-order valence-corrected chi connectivity index (χ1v) is 8.84. The number of carbonyl (C=O) groups excluding carboxylic acids is 1. The Morgan fingerprint density at radius 1 is 1.31 bits per heavy atom. The number of carbonyl (C=O) groups is 1. The van der Waals surface area contributed by atoms with Crippen molar-refractivity contribution >= 4 is 5.91 Å². The standard InChI is InChI=1S/C17H19F3N4O2/c18-17(19,20)15-11-3-1-2-4-13(11)24(22-15)8-7-21-16(25)12-9-14(26-23-12)10-5-6-10/h9-10H,1-8H2,(H,21,25). The molecule has 6 nitrogen and oxygen atoms in total. The third-order valence-electron chi connectivity index (χ3n) is 4.88. The molecule has 0 bridgehead atoms. The van der Waals surface area contributed by atoms with Gasteiger partial charge in [0.2, 0.25) is 0 Å². The molecule has 1 amide bonds. The molecule has 0 atom stereocenters. The minimum absolute atomic E-state index is 0.176. The summed E-state index contributed by atoms with van der Waals surface area (Å²) in [6.07, 6.45) is 0.222. The Kier molecular flexibility index (Phi) is 4.24. The second-order valence-corrected chi connectivity index (χ2v) is 6.85. The maximum Gasteiger partial charge on any atom is 0.435 e. The Morgan fingerprint density at radius 2 is 2.08 bits per heavy atom. The number of nitrogens with zero attached hydrogens (tertiary/aromatic N) is 3. The van der Waals surface area contributed by atoms with Gasteiger partial charge in [0.05, 0.1) is 6.54 Å². The van der Waals surface area contributed by atoms with Crippen molar-refractivity contribution in [2.24, 2.45) is 0 Å². The molecule has 1 N–H and O–H groups in total. The molecule has 0 radical (unpaired) electrons. The lowest BCUT2D eigenvalue weighted by molar-refractivity contribution is -0.142. The molecule has 2 aromatic rings. The van der Waals surface area contributed by atoms with E-state index in [9.17, 15) is 18.0 Å².